The zero-order chi connectivity index (χ0) is 21.8. The molecule has 1 N–H and O–H groups in total. The van der Waals surface area contributed by atoms with Crippen LogP contribution in [-0.2, 0) is 9.59 Å². The van der Waals surface area contributed by atoms with Gasteiger partial charge >= 0.3 is 5.97 Å². The van der Waals surface area contributed by atoms with E-state index in [-0.39, 0.29) is 18.2 Å². The molecule has 1 amide bonds. The summed E-state index contributed by atoms with van der Waals surface area (Å²) in [5.74, 6) is -2.05. The largest absolute Gasteiger partial charge is 0.481 e. The number of hydrogen-bond acceptors (Lipinski definition) is 3. The standard InChI is InChI=1S/C25H22ClNO3S/c26-22-11-5-4-9-20(22)18-12-13-23(31-16-18)27-14-6-10-19(17-7-2-1-3-8-17)21(25(27)30)15-24(28)29/h1-11,13,16,19,21H,12,14-15H2,(H,28,29)/t19-,21+/m0/s1. The van der Waals surface area contributed by atoms with Crippen LogP contribution in [0.1, 0.15) is 29.9 Å². The average molecular weight is 452 g/mol. The summed E-state index contributed by atoms with van der Waals surface area (Å²) < 4.78 is 0. The van der Waals surface area contributed by atoms with Gasteiger partial charge in [0.2, 0.25) is 5.91 Å². The third-order valence-corrected chi connectivity index (χ3v) is 6.89. The van der Waals surface area contributed by atoms with Gasteiger partial charge in [-0.05, 0) is 40.7 Å². The van der Waals surface area contributed by atoms with Crippen molar-refractivity contribution < 1.29 is 14.7 Å². The number of carboxylic acid groups (broad SMARTS) is 1. The number of allylic oxidation sites excluding steroid dienone is 3. The summed E-state index contributed by atoms with van der Waals surface area (Å²) in [4.78, 5) is 26.8. The van der Waals surface area contributed by atoms with Crippen LogP contribution in [-0.4, -0.2) is 28.4 Å². The predicted octanol–water partition coefficient (Wildman–Crippen LogP) is 5.93. The molecule has 0 saturated heterocycles. The molecule has 0 radical (unpaired) electrons. The number of halogens is 1. The lowest BCUT2D eigenvalue weighted by Gasteiger charge is -2.29. The molecular formula is C25H22ClNO3S. The Bertz CT molecular complexity index is 1080. The normalized spacial score (nSPS) is 21.3. The number of rotatable bonds is 5. The Morgan fingerprint density at radius 3 is 2.55 bits per heavy atom. The summed E-state index contributed by atoms with van der Waals surface area (Å²) >= 11 is 7.81. The molecule has 0 unspecified atom stereocenters. The Morgan fingerprint density at radius 2 is 1.87 bits per heavy atom. The highest BCUT2D eigenvalue weighted by Gasteiger charge is 2.36. The van der Waals surface area contributed by atoms with E-state index < -0.39 is 11.9 Å². The van der Waals surface area contributed by atoms with E-state index >= 15 is 0 Å². The summed E-state index contributed by atoms with van der Waals surface area (Å²) in [6.07, 6.45) is 6.41. The van der Waals surface area contributed by atoms with Crippen molar-refractivity contribution >= 4 is 40.8 Å². The fraction of sp³-hybridized carbons (Fsp3) is 0.200. The van der Waals surface area contributed by atoms with Gasteiger partial charge < -0.3 is 10.0 Å². The molecule has 0 spiro atoms. The van der Waals surface area contributed by atoms with Crippen molar-refractivity contribution in [1.82, 2.24) is 4.90 Å². The molecule has 0 saturated carbocycles. The van der Waals surface area contributed by atoms with Gasteiger partial charge in [0, 0.05) is 17.5 Å². The molecule has 31 heavy (non-hydrogen) atoms. The second-order valence-corrected chi connectivity index (χ2v) is 8.80. The second-order valence-electron chi connectivity index (χ2n) is 7.51. The van der Waals surface area contributed by atoms with E-state index in [1.54, 1.807) is 4.90 Å². The fourth-order valence-electron chi connectivity index (χ4n) is 4.00. The molecule has 6 heteroatoms. The summed E-state index contributed by atoms with van der Waals surface area (Å²) in [6, 6.07) is 17.3. The summed E-state index contributed by atoms with van der Waals surface area (Å²) in [5, 5.41) is 13.0. The van der Waals surface area contributed by atoms with Gasteiger partial charge in [-0.2, -0.15) is 0 Å². The van der Waals surface area contributed by atoms with Gasteiger partial charge in [0.05, 0.1) is 17.4 Å². The highest BCUT2D eigenvalue weighted by Crippen LogP contribution is 2.39. The van der Waals surface area contributed by atoms with E-state index in [0.717, 1.165) is 21.7 Å². The van der Waals surface area contributed by atoms with E-state index in [1.807, 2.05) is 78.2 Å². The van der Waals surface area contributed by atoms with Crippen molar-refractivity contribution in [1.29, 1.82) is 0 Å². The third-order valence-electron chi connectivity index (χ3n) is 5.53. The fourth-order valence-corrected chi connectivity index (χ4v) is 5.22. The summed E-state index contributed by atoms with van der Waals surface area (Å²) in [5.41, 5.74) is 3.04. The molecule has 0 aliphatic carbocycles. The summed E-state index contributed by atoms with van der Waals surface area (Å²) in [7, 11) is 0. The molecule has 2 heterocycles. The lowest BCUT2D eigenvalue weighted by Crippen LogP contribution is -2.37. The van der Waals surface area contributed by atoms with Crippen LogP contribution in [0.25, 0.3) is 5.57 Å². The maximum absolute atomic E-state index is 13.5. The third kappa shape index (κ3) is 4.78. The minimum atomic E-state index is -0.972. The van der Waals surface area contributed by atoms with Crippen molar-refractivity contribution in [2.45, 2.75) is 18.8 Å². The van der Waals surface area contributed by atoms with Crippen molar-refractivity contribution in [2.75, 3.05) is 6.54 Å². The maximum Gasteiger partial charge on any atom is 0.304 e. The molecule has 158 valence electrons. The van der Waals surface area contributed by atoms with Gasteiger partial charge in [-0.15, -0.1) is 0 Å². The predicted molar refractivity (Wildman–Crippen MR) is 125 cm³/mol. The van der Waals surface area contributed by atoms with Crippen molar-refractivity contribution in [3.8, 4) is 0 Å². The van der Waals surface area contributed by atoms with Crippen LogP contribution in [0.3, 0.4) is 0 Å². The first-order valence-corrected chi connectivity index (χ1v) is 11.4. The van der Waals surface area contributed by atoms with Crippen LogP contribution >= 0.6 is 23.4 Å². The Morgan fingerprint density at radius 1 is 1.13 bits per heavy atom. The van der Waals surface area contributed by atoms with E-state index in [2.05, 4.69) is 0 Å². The zero-order valence-corrected chi connectivity index (χ0v) is 18.4. The minimum absolute atomic E-state index is 0.158. The number of carboxylic acids is 1. The van der Waals surface area contributed by atoms with E-state index in [4.69, 9.17) is 11.6 Å². The van der Waals surface area contributed by atoms with E-state index in [1.165, 1.54) is 11.8 Å². The number of carbonyl (C=O) groups is 2. The van der Waals surface area contributed by atoms with Crippen LogP contribution in [0.4, 0.5) is 0 Å². The topological polar surface area (TPSA) is 57.6 Å². The van der Waals surface area contributed by atoms with Gasteiger partial charge in [-0.25, -0.2) is 0 Å². The average Bonchev–Trinajstić information content (AvgIpc) is 2.94. The molecule has 2 aliphatic rings. The Labute approximate surface area is 190 Å². The lowest BCUT2D eigenvalue weighted by atomic mass is 9.83. The number of carbonyl (C=O) groups excluding carboxylic acids is 1. The quantitative estimate of drug-likeness (QED) is 0.572. The Hall–Kier alpha value is -2.76. The lowest BCUT2D eigenvalue weighted by molar-refractivity contribution is -0.143. The number of amides is 1. The van der Waals surface area contributed by atoms with Crippen molar-refractivity contribution in [3.63, 3.8) is 0 Å². The van der Waals surface area contributed by atoms with Gasteiger partial charge in [0.25, 0.3) is 0 Å². The summed E-state index contributed by atoms with van der Waals surface area (Å²) in [6.45, 7) is 0.423. The molecular weight excluding hydrogens is 430 g/mol. The number of benzene rings is 2. The number of nitrogens with zero attached hydrogens (tertiary/aromatic N) is 1. The molecule has 2 aromatic carbocycles. The maximum atomic E-state index is 13.5. The molecule has 4 rings (SSSR count). The molecule has 2 aromatic rings. The first kappa shape index (κ1) is 21.5. The Balaban J connectivity index is 1.57. The van der Waals surface area contributed by atoms with Gasteiger partial charge in [-0.1, -0.05) is 84.0 Å². The minimum Gasteiger partial charge on any atom is -0.481 e. The highest BCUT2D eigenvalue weighted by molar-refractivity contribution is 8.06. The van der Waals surface area contributed by atoms with Crippen molar-refractivity contribution in [2.24, 2.45) is 5.92 Å². The Kier molecular flexibility index (Phi) is 6.64. The second kappa shape index (κ2) is 9.58. The zero-order valence-electron chi connectivity index (χ0n) is 16.8. The SMILES string of the molecule is O=C(O)C[C@H]1C(=O)N(C2=CCC(c3ccccc3Cl)=CS2)CC=C[C@H]1c1ccccc1. The van der Waals surface area contributed by atoms with E-state index in [0.29, 0.717) is 18.0 Å². The number of aliphatic carboxylic acids is 1. The van der Waals surface area contributed by atoms with Crippen LogP contribution in [0.15, 0.2) is 83.3 Å². The molecule has 0 bridgehead atoms. The highest BCUT2D eigenvalue weighted by atomic mass is 35.5. The smallest absolute Gasteiger partial charge is 0.304 e. The van der Waals surface area contributed by atoms with Gasteiger partial charge in [0.15, 0.2) is 0 Å². The van der Waals surface area contributed by atoms with E-state index in [9.17, 15) is 14.7 Å². The van der Waals surface area contributed by atoms with Crippen LogP contribution in [0, 0.1) is 5.92 Å². The molecule has 2 atom stereocenters. The first-order valence-electron chi connectivity index (χ1n) is 10.1. The van der Waals surface area contributed by atoms with Crippen LogP contribution in [0.2, 0.25) is 5.02 Å². The van der Waals surface area contributed by atoms with Gasteiger partial charge in [-0.3, -0.25) is 9.59 Å². The number of thioether (sulfide) groups is 1. The van der Waals surface area contributed by atoms with Crippen LogP contribution in [0.5, 0.6) is 0 Å². The first-order chi connectivity index (χ1) is 15.0. The van der Waals surface area contributed by atoms with Crippen LogP contribution < -0.4 is 0 Å². The van der Waals surface area contributed by atoms with Gasteiger partial charge in [0.1, 0.15) is 0 Å². The monoisotopic (exact) mass is 451 g/mol. The molecule has 0 fully saturated rings. The number of hydrogen-bond donors (Lipinski definition) is 1. The molecule has 2 aliphatic heterocycles. The van der Waals surface area contributed by atoms with Crippen molar-refractivity contribution in [3.05, 3.63) is 99.4 Å². The molecule has 4 nitrogen and oxygen atoms in total. The molecule has 0 aromatic heterocycles.